The molecule has 0 unspecified atom stereocenters. The Kier molecular flexibility index (Phi) is 5.03. The second kappa shape index (κ2) is 6.43. The Labute approximate surface area is 127 Å². The van der Waals surface area contributed by atoms with Crippen LogP contribution in [-0.4, -0.2) is 73.7 Å². The second-order valence-corrected chi connectivity index (χ2v) is 7.52. The lowest BCUT2D eigenvalue weighted by atomic mass is 10.3. The van der Waals surface area contributed by atoms with Crippen LogP contribution in [0.2, 0.25) is 0 Å². The molecule has 1 N–H and O–H groups in total. The first-order valence-electron chi connectivity index (χ1n) is 7.23. The molecular formula is C13H25N5O2S. The number of rotatable bonds is 5. The monoisotopic (exact) mass is 315 g/mol. The number of aromatic nitrogens is 2. The van der Waals surface area contributed by atoms with Gasteiger partial charge in [-0.05, 0) is 13.8 Å². The number of hydrogen-bond donors (Lipinski definition) is 1. The van der Waals surface area contributed by atoms with Gasteiger partial charge in [0.1, 0.15) is 4.90 Å². The number of nitrogens with zero attached hydrogens (tertiary/aromatic N) is 4. The van der Waals surface area contributed by atoms with Crippen LogP contribution in [0.25, 0.3) is 0 Å². The summed E-state index contributed by atoms with van der Waals surface area (Å²) in [4.78, 5) is 2.62. The summed E-state index contributed by atoms with van der Waals surface area (Å²) >= 11 is 0. The Hall–Kier alpha value is -0.960. The Bertz CT molecular complexity index is 590. The van der Waals surface area contributed by atoms with E-state index in [1.807, 2.05) is 0 Å². The van der Waals surface area contributed by atoms with Gasteiger partial charge in [-0.15, -0.1) is 0 Å². The molecule has 0 amide bonds. The van der Waals surface area contributed by atoms with Crippen LogP contribution in [0.1, 0.15) is 11.4 Å². The minimum atomic E-state index is -3.47. The quantitative estimate of drug-likeness (QED) is 0.798. The average molecular weight is 315 g/mol. The van der Waals surface area contributed by atoms with Gasteiger partial charge in [0.25, 0.3) is 0 Å². The van der Waals surface area contributed by atoms with Crippen molar-refractivity contribution < 1.29 is 8.42 Å². The van der Waals surface area contributed by atoms with E-state index in [0.29, 0.717) is 22.8 Å². The molecule has 0 radical (unpaired) electrons. The van der Waals surface area contributed by atoms with Crippen molar-refractivity contribution in [2.24, 2.45) is 7.05 Å². The van der Waals surface area contributed by atoms with Gasteiger partial charge in [0.05, 0.1) is 11.4 Å². The summed E-state index contributed by atoms with van der Waals surface area (Å²) in [5, 5.41) is 7.49. The van der Waals surface area contributed by atoms with Crippen LogP contribution in [0.5, 0.6) is 0 Å². The SMILES string of the molecule is Cc1nn(C)c(C)c1S(=O)(=O)N(C)CCN1CCNCC1. The highest BCUT2D eigenvalue weighted by Gasteiger charge is 2.28. The van der Waals surface area contributed by atoms with Crippen LogP contribution >= 0.6 is 0 Å². The van der Waals surface area contributed by atoms with Gasteiger partial charge < -0.3 is 5.32 Å². The van der Waals surface area contributed by atoms with E-state index in [1.165, 1.54) is 4.31 Å². The number of piperazine rings is 1. The van der Waals surface area contributed by atoms with Gasteiger partial charge in [0.15, 0.2) is 0 Å². The zero-order valence-corrected chi connectivity index (χ0v) is 14.1. The van der Waals surface area contributed by atoms with Crippen molar-refractivity contribution in [2.45, 2.75) is 18.7 Å². The van der Waals surface area contributed by atoms with Gasteiger partial charge in [-0.25, -0.2) is 8.42 Å². The highest BCUT2D eigenvalue weighted by Crippen LogP contribution is 2.21. The molecule has 1 aliphatic rings. The van der Waals surface area contributed by atoms with Gasteiger partial charge in [0, 0.05) is 53.4 Å². The van der Waals surface area contributed by atoms with E-state index >= 15 is 0 Å². The average Bonchev–Trinajstić information content (AvgIpc) is 2.71. The lowest BCUT2D eigenvalue weighted by Gasteiger charge is -2.28. The topological polar surface area (TPSA) is 70.5 Å². The number of likely N-dealkylation sites (N-methyl/N-ethyl adjacent to an activating group) is 1. The summed E-state index contributed by atoms with van der Waals surface area (Å²) in [6, 6.07) is 0. The summed E-state index contributed by atoms with van der Waals surface area (Å²) < 4.78 is 28.5. The number of hydrogen-bond acceptors (Lipinski definition) is 5. The van der Waals surface area contributed by atoms with Crippen LogP contribution in [0, 0.1) is 13.8 Å². The van der Waals surface area contributed by atoms with E-state index in [4.69, 9.17) is 0 Å². The molecule has 8 heteroatoms. The van der Waals surface area contributed by atoms with Gasteiger partial charge in [-0.3, -0.25) is 9.58 Å². The van der Waals surface area contributed by atoms with E-state index in [2.05, 4.69) is 15.3 Å². The van der Waals surface area contributed by atoms with Crippen LogP contribution in [0.3, 0.4) is 0 Å². The zero-order valence-electron chi connectivity index (χ0n) is 13.3. The highest BCUT2D eigenvalue weighted by atomic mass is 32.2. The normalized spacial score (nSPS) is 17.6. The molecule has 1 aliphatic heterocycles. The smallest absolute Gasteiger partial charge is 0.246 e. The van der Waals surface area contributed by atoms with E-state index < -0.39 is 10.0 Å². The van der Waals surface area contributed by atoms with Gasteiger partial charge >= 0.3 is 0 Å². The van der Waals surface area contributed by atoms with Crippen LogP contribution in [-0.2, 0) is 17.1 Å². The zero-order chi connectivity index (χ0) is 15.6. The van der Waals surface area contributed by atoms with Gasteiger partial charge in [-0.2, -0.15) is 9.40 Å². The van der Waals surface area contributed by atoms with Crippen LogP contribution in [0.4, 0.5) is 0 Å². The number of aryl methyl sites for hydroxylation is 2. The number of nitrogens with one attached hydrogen (secondary N) is 1. The minimum Gasteiger partial charge on any atom is -0.314 e. The third-order valence-corrected chi connectivity index (χ3v) is 6.16. The van der Waals surface area contributed by atoms with Crippen molar-refractivity contribution in [1.82, 2.24) is 24.3 Å². The standard InChI is InChI=1S/C13H25N5O2S/c1-11-13(12(2)17(4)15-11)21(19,20)16(3)9-10-18-7-5-14-6-8-18/h14H,5-10H2,1-4H3. The molecule has 21 heavy (non-hydrogen) atoms. The van der Waals surface area contributed by atoms with Crippen LogP contribution < -0.4 is 5.32 Å². The maximum absolute atomic E-state index is 12.7. The fraction of sp³-hybridized carbons (Fsp3) is 0.769. The second-order valence-electron chi connectivity index (χ2n) is 5.54. The van der Waals surface area contributed by atoms with Gasteiger partial charge in [0.2, 0.25) is 10.0 Å². The fourth-order valence-electron chi connectivity index (χ4n) is 2.62. The Morgan fingerprint density at radius 2 is 1.90 bits per heavy atom. The van der Waals surface area contributed by atoms with Crippen molar-refractivity contribution in [3.8, 4) is 0 Å². The van der Waals surface area contributed by atoms with E-state index in [0.717, 1.165) is 32.7 Å². The van der Waals surface area contributed by atoms with Crippen molar-refractivity contribution in [1.29, 1.82) is 0 Å². The molecule has 2 rings (SSSR count). The first-order chi connectivity index (χ1) is 9.84. The van der Waals surface area contributed by atoms with Crippen molar-refractivity contribution in [2.75, 3.05) is 46.3 Å². The van der Waals surface area contributed by atoms with Crippen LogP contribution in [0.15, 0.2) is 4.90 Å². The van der Waals surface area contributed by atoms with Gasteiger partial charge in [-0.1, -0.05) is 0 Å². The molecule has 0 aliphatic carbocycles. The summed E-state index contributed by atoms with van der Waals surface area (Å²) in [5.41, 5.74) is 1.24. The molecule has 1 saturated heterocycles. The minimum absolute atomic E-state index is 0.341. The molecule has 0 aromatic carbocycles. The summed E-state index contributed by atoms with van der Waals surface area (Å²) in [6.45, 7) is 8.67. The molecule has 0 atom stereocenters. The fourth-order valence-corrected chi connectivity index (χ4v) is 4.17. The Balaban J connectivity index is 2.07. The number of sulfonamides is 1. The molecule has 2 heterocycles. The molecule has 0 spiro atoms. The Morgan fingerprint density at radius 3 is 2.43 bits per heavy atom. The first-order valence-corrected chi connectivity index (χ1v) is 8.67. The molecule has 0 saturated carbocycles. The van der Waals surface area contributed by atoms with Crippen molar-refractivity contribution in [3.63, 3.8) is 0 Å². The third kappa shape index (κ3) is 3.45. The van der Waals surface area contributed by atoms with Crippen molar-refractivity contribution in [3.05, 3.63) is 11.4 Å². The summed E-state index contributed by atoms with van der Waals surface area (Å²) in [7, 11) is -0.0644. The maximum atomic E-state index is 12.7. The third-order valence-electron chi connectivity index (χ3n) is 4.05. The molecule has 1 aromatic heterocycles. The molecule has 7 nitrogen and oxygen atoms in total. The molecular weight excluding hydrogens is 290 g/mol. The largest absolute Gasteiger partial charge is 0.314 e. The molecule has 0 bridgehead atoms. The van der Waals surface area contributed by atoms with Crippen molar-refractivity contribution >= 4 is 10.0 Å². The van der Waals surface area contributed by atoms with E-state index in [1.54, 1.807) is 32.6 Å². The predicted molar refractivity (Wildman–Crippen MR) is 81.8 cm³/mol. The lowest BCUT2D eigenvalue weighted by molar-refractivity contribution is 0.229. The lowest BCUT2D eigenvalue weighted by Crippen LogP contribution is -2.46. The molecule has 1 fully saturated rings. The molecule has 1 aromatic rings. The maximum Gasteiger partial charge on any atom is 0.246 e. The first kappa shape index (κ1) is 16.4. The Morgan fingerprint density at radius 1 is 1.29 bits per heavy atom. The molecule has 120 valence electrons. The summed E-state index contributed by atoms with van der Waals surface area (Å²) in [6.07, 6.45) is 0. The predicted octanol–water partition coefficient (Wildman–Crippen LogP) is -0.437. The highest BCUT2D eigenvalue weighted by molar-refractivity contribution is 7.89. The van der Waals surface area contributed by atoms with E-state index in [9.17, 15) is 8.42 Å². The van der Waals surface area contributed by atoms with E-state index in [-0.39, 0.29) is 0 Å². The summed E-state index contributed by atoms with van der Waals surface area (Å²) in [5.74, 6) is 0.